The summed E-state index contributed by atoms with van der Waals surface area (Å²) in [5, 5.41) is 0. The third-order valence-corrected chi connectivity index (χ3v) is 3.69. The first-order valence-corrected chi connectivity index (χ1v) is 6.06. The number of rotatable bonds is 6. The van der Waals surface area contributed by atoms with E-state index in [-0.39, 0.29) is 29.1 Å². The van der Waals surface area contributed by atoms with E-state index in [1.54, 1.807) is 6.92 Å². The molecule has 0 aromatic rings. The fourth-order valence-corrected chi connectivity index (χ4v) is 2.55. The molecule has 0 aromatic heterocycles. The van der Waals surface area contributed by atoms with Crippen LogP contribution in [0.3, 0.4) is 0 Å². The second-order valence-electron chi connectivity index (χ2n) is 5.66. The Hall–Kier alpha value is -0.630. The largest absolute Gasteiger partial charge is 0.327 e. The Morgan fingerprint density at radius 1 is 1.38 bits per heavy atom. The number of hydrogen-bond donors (Lipinski definition) is 1. The van der Waals surface area contributed by atoms with Crippen molar-refractivity contribution in [2.75, 3.05) is 0 Å². The molecule has 0 aliphatic heterocycles. The smallest absolute Gasteiger partial charge is 0.134 e. The first-order valence-electron chi connectivity index (χ1n) is 6.06. The van der Waals surface area contributed by atoms with Gasteiger partial charge in [-0.1, -0.05) is 39.3 Å². The Morgan fingerprint density at radius 2 is 1.81 bits per heavy atom. The third-order valence-electron chi connectivity index (χ3n) is 3.69. The Balaban J connectivity index is 5.33. The average molecular weight is 225 g/mol. The number of carbonyl (C=O) groups excluding carboxylic acids is 1. The molecule has 2 nitrogen and oxygen atoms in total. The van der Waals surface area contributed by atoms with Crippen molar-refractivity contribution < 1.29 is 4.79 Å². The maximum atomic E-state index is 11.9. The van der Waals surface area contributed by atoms with Gasteiger partial charge < -0.3 is 5.73 Å². The van der Waals surface area contributed by atoms with Crippen molar-refractivity contribution >= 4 is 5.78 Å². The predicted molar refractivity (Wildman–Crippen MR) is 70.2 cm³/mol. The zero-order valence-corrected chi connectivity index (χ0v) is 11.6. The molecular formula is C14H27NO. The highest BCUT2D eigenvalue weighted by Crippen LogP contribution is 2.40. The molecule has 3 atom stereocenters. The minimum Gasteiger partial charge on any atom is -0.327 e. The fourth-order valence-electron chi connectivity index (χ4n) is 2.55. The van der Waals surface area contributed by atoms with Crippen molar-refractivity contribution in [1.29, 1.82) is 0 Å². The van der Waals surface area contributed by atoms with Crippen molar-refractivity contribution in [2.24, 2.45) is 23.0 Å². The molecule has 0 saturated heterocycles. The summed E-state index contributed by atoms with van der Waals surface area (Å²) in [7, 11) is 0. The quantitative estimate of drug-likeness (QED) is 0.706. The van der Waals surface area contributed by atoms with Gasteiger partial charge in [-0.15, -0.1) is 0 Å². The Bertz CT molecular complexity index is 266. The molecule has 0 heterocycles. The van der Waals surface area contributed by atoms with Gasteiger partial charge in [0.05, 0.1) is 0 Å². The van der Waals surface area contributed by atoms with Crippen molar-refractivity contribution in [1.82, 2.24) is 0 Å². The monoisotopic (exact) mass is 225 g/mol. The maximum Gasteiger partial charge on any atom is 0.134 e. The van der Waals surface area contributed by atoms with Crippen LogP contribution < -0.4 is 5.73 Å². The highest BCUT2D eigenvalue weighted by molar-refractivity contribution is 5.80. The second kappa shape index (κ2) is 5.62. The van der Waals surface area contributed by atoms with Crippen LogP contribution in [-0.2, 0) is 4.79 Å². The van der Waals surface area contributed by atoms with Crippen molar-refractivity contribution in [3.05, 3.63) is 12.2 Å². The minimum absolute atomic E-state index is 0.0247. The molecular weight excluding hydrogens is 198 g/mol. The standard InChI is InChI=1S/C14H27NO/c1-8-14(6,7)13(11(5)16)12(9(2)3)10(4)15/h10,12-13H,2,8,15H2,1,3-7H3. The lowest BCUT2D eigenvalue weighted by Gasteiger charge is -2.39. The van der Waals surface area contributed by atoms with E-state index in [4.69, 9.17) is 5.73 Å². The summed E-state index contributed by atoms with van der Waals surface area (Å²) in [6.07, 6.45) is 0.966. The highest BCUT2D eigenvalue weighted by Gasteiger charge is 2.39. The fraction of sp³-hybridized carbons (Fsp3) is 0.786. The minimum atomic E-state index is -0.0324. The molecule has 2 heteroatoms. The average Bonchev–Trinajstić information content (AvgIpc) is 2.11. The molecule has 0 rings (SSSR count). The van der Waals surface area contributed by atoms with E-state index in [9.17, 15) is 4.79 Å². The molecule has 94 valence electrons. The van der Waals surface area contributed by atoms with Gasteiger partial charge in [0.15, 0.2) is 0 Å². The van der Waals surface area contributed by atoms with E-state index in [0.29, 0.717) is 0 Å². The van der Waals surface area contributed by atoms with Gasteiger partial charge in [-0.2, -0.15) is 0 Å². The van der Waals surface area contributed by atoms with Crippen molar-refractivity contribution in [3.8, 4) is 0 Å². The molecule has 0 bridgehead atoms. The lowest BCUT2D eigenvalue weighted by molar-refractivity contribution is -0.126. The molecule has 3 unspecified atom stereocenters. The van der Waals surface area contributed by atoms with Crippen LogP contribution in [0.4, 0.5) is 0 Å². The first-order chi connectivity index (χ1) is 7.15. The van der Waals surface area contributed by atoms with Gasteiger partial charge in [0.2, 0.25) is 0 Å². The van der Waals surface area contributed by atoms with E-state index in [1.165, 1.54) is 0 Å². The zero-order valence-electron chi connectivity index (χ0n) is 11.6. The lowest BCUT2D eigenvalue weighted by Crippen LogP contribution is -2.43. The van der Waals surface area contributed by atoms with Crippen LogP contribution in [0.2, 0.25) is 0 Å². The zero-order chi connectivity index (χ0) is 13.1. The summed E-state index contributed by atoms with van der Waals surface area (Å²) in [5.74, 6) is 0.264. The van der Waals surface area contributed by atoms with Crippen LogP contribution in [0.5, 0.6) is 0 Å². The molecule has 2 N–H and O–H groups in total. The van der Waals surface area contributed by atoms with E-state index in [1.807, 2.05) is 13.8 Å². The number of nitrogens with two attached hydrogens (primary N) is 1. The lowest BCUT2D eigenvalue weighted by atomic mass is 9.65. The molecule has 0 aliphatic carbocycles. The van der Waals surface area contributed by atoms with Gasteiger partial charge in [0.1, 0.15) is 5.78 Å². The SMILES string of the molecule is C=C(C)C(C(C)N)C(C(C)=O)C(C)(C)CC. The molecule has 16 heavy (non-hydrogen) atoms. The molecule has 0 saturated carbocycles. The van der Waals surface area contributed by atoms with Gasteiger partial charge >= 0.3 is 0 Å². The van der Waals surface area contributed by atoms with Crippen molar-refractivity contribution in [2.45, 2.75) is 54.0 Å². The van der Waals surface area contributed by atoms with E-state index < -0.39 is 0 Å². The molecule has 0 aliphatic rings. The van der Waals surface area contributed by atoms with Gasteiger partial charge in [0.25, 0.3) is 0 Å². The van der Waals surface area contributed by atoms with E-state index >= 15 is 0 Å². The van der Waals surface area contributed by atoms with Crippen LogP contribution >= 0.6 is 0 Å². The summed E-state index contributed by atoms with van der Waals surface area (Å²) in [6, 6.07) is -0.0303. The predicted octanol–water partition coefficient (Wildman–Crippen LogP) is 3.17. The van der Waals surface area contributed by atoms with Crippen LogP contribution in [0.25, 0.3) is 0 Å². The van der Waals surface area contributed by atoms with Gasteiger partial charge in [0, 0.05) is 17.9 Å². The summed E-state index contributed by atoms with van der Waals surface area (Å²) in [5.41, 5.74) is 7.00. The second-order valence-corrected chi connectivity index (χ2v) is 5.66. The summed E-state index contributed by atoms with van der Waals surface area (Å²) in [4.78, 5) is 11.9. The highest BCUT2D eigenvalue weighted by atomic mass is 16.1. The number of Topliss-reactive ketones (excluding diaryl/α,β-unsaturated/α-hetero) is 1. The van der Waals surface area contributed by atoms with E-state index in [2.05, 4.69) is 27.4 Å². The van der Waals surface area contributed by atoms with Crippen LogP contribution in [0.1, 0.15) is 48.0 Å². The van der Waals surface area contributed by atoms with Gasteiger partial charge in [-0.3, -0.25) is 4.79 Å². The molecule has 0 radical (unpaired) electrons. The van der Waals surface area contributed by atoms with Crippen LogP contribution in [0, 0.1) is 17.3 Å². The first kappa shape index (κ1) is 15.4. The molecule has 0 amide bonds. The van der Waals surface area contributed by atoms with Gasteiger partial charge in [-0.25, -0.2) is 0 Å². The topological polar surface area (TPSA) is 43.1 Å². The summed E-state index contributed by atoms with van der Waals surface area (Å²) >= 11 is 0. The summed E-state index contributed by atoms with van der Waals surface area (Å²) in [6.45, 7) is 16.0. The van der Waals surface area contributed by atoms with Crippen LogP contribution in [-0.4, -0.2) is 11.8 Å². The maximum absolute atomic E-state index is 11.9. The molecule has 0 aromatic carbocycles. The molecule has 0 spiro atoms. The van der Waals surface area contributed by atoms with E-state index in [0.717, 1.165) is 12.0 Å². The Kier molecular flexibility index (Phi) is 5.40. The molecule has 0 fully saturated rings. The van der Waals surface area contributed by atoms with Crippen molar-refractivity contribution in [3.63, 3.8) is 0 Å². The Morgan fingerprint density at radius 3 is 2.00 bits per heavy atom. The Labute approximate surface area is 100 Å². The normalized spacial score (nSPS) is 17.7. The number of ketones is 1. The summed E-state index contributed by atoms with van der Waals surface area (Å²) < 4.78 is 0. The number of hydrogen-bond acceptors (Lipinski definition) is 2. The third kappa shape index (κ3) is 3.44. The van der Waals surface area contributed by atoms with Gasteiger partial charge in [-0.05, 0) is 26.2 Å². The number of carbonyl (C=O) groups is 1. The van der Waals surface area contributed by atoms with Crippen LogP contribution in [0.15, 0.2) is 12.2 Å².